The van der Waals surface area contributed by atoms with E-state index in [0.29, 0.717) is 28.8 Å². The van der Waals surface area contributed by atoms with Crippen molar-refractivity contribution in [3.8, 4) is 5.75 Å². The zero-order valence-electron chi connectivity index (χ0n) is 26.3. The van der Waals surface area contributed by atoms with E-state index < -0.39 is 39.7 Å². The Hall–Kier alpha value is -3.95. The minimum Gasteiger partial charge on any atom is -0.495 e. The molecular formula is C31H38F3N7O4S. The van der Waals surface area contributed by atoms with Crippen LogP contribution in [0.2, 0.25) is 0 Å². The molecule has 0 bridgehead atoms. The SMILES string of the molecule is COc1ccc(C(=O)N(C)C2CCN(C)CC2)cc1Nc1ncc(C(F)(F)F)c(N[C@@H]2Cc3ccccc3[C@H]2N(C)S(C)(=O)=O)n1. The number of likely N-dealkylation sites (N-methyl/N-ethyl adjacent to an activating group) is 1. The summed E-state index contributed by atoms with van der Waals surface area (Å²) in [5.74, 6) is -0.552. The van der Waals surface area contributed by atoms with Crippen LogP contribution in [0.5, 0.6) is 5.75 Å². The third kappa shape index (κ3) is 7.05. The van der Waals surface area contributed by atoms with Gasteiger partial charge in [0.2, 0.25) is 16.0 Å². The number of nitrogens with zero attached hydrogens (tertiary/aromatic N) is 5. The highest BCUT2D eigenvalue weighted by atomic mass is 32.2. The Balaban J connectivity index is 1.45. The van der Waals surface area contributed by atoms with E-state index in [4.69, 9.17) is 4.74 Å². The molecule has 2 heterocycles. The number of methoxy groups -OCH3 is 1. The molecule has 0 unspecified atom stereocenters. The van der Waals surface area contributed by atoms with Crippen molar-refractivity contribution in [2.45, 2.75) is 43.6 Å². The number of hydrogen-bond donors (Lipinski definition) is 2. The maximum Gasteiger partial charge on any atom is 0.421 e. The molecule has 0 spiro atoms. The summed E-state index contributed by atoms with van der Waals surface area (Å²) in [6.07, 6.45) is -1.11. The van der Waals surface area contributed by atoms with Gasteiger partial charge in [-0.2, -0.15) is 22.5 Å². The van der Waals surface area contributed by atoms with Crippen molar-refractivity contribution < 1.29 is 31.1 Å². The molecular weight excluding hydrogens is 623 g/mol. The second-order valence-corrected chi connectivity index (χ2v) is 13.9. The first kappa shape index (κ1) is 33.4. The summed E-state index contributed by atoms with van der Waals surface area (Å²) in [7, 11) is 2.95. The van der Waals surface area contributed by atoms with E-state index in [0.717, 1.165) is 42.1 Å². The van der Waals surface area contributed by atoms with Gasteiger partial charge in [-0.15, -0.1) is 0 Å². The molecule has 0 radical (unpaired) electrons. The largest absolute Gasteiger partial charge is 0.495 e. The predicted molar refractivity (Wildman–Crippen MR) is 169 cm³/mol. The van der Waals surface area contributed by atoms with Crippen molar-refractivity contribution in [1.82, 2.24) is 24.1 Å². The number of benzene rings is 2. The molecule has 15 heteroatoms. The van der Waals surface area contributed by atoms with Crippen LogP contribution in [0.25, 0.3) is 0 Å². The third-order valence-corrected chi connectivity index (χ3v) is 10.0. The monoisotopic (exact) mass is 661 g/mol. The minimum absolute atomic E-state index is 0.0846. The molecule has 5 rings (SSSR count). The Kier molecular flexibility index (Phi) is 9.47. The highest BCUT2D eigenvalue weighted by Gasteiger charge is 2.41. The van der Waals surface area contributed by atoms with Gasteiger partial charge < -0.3 is 25.2 Å². The first-order chi connectivity index (χ1) is 21.7. The first-order valence-corrected chi connectivity index (χ1v) is 16.6. The quantitative estimate of drug-likeness (QED) is 0.344. The lowest BCUT2D eigenvalue weighted by molar-refractivity contribution is -0.137. The summed E-state index contributed by atoms with van der Waals surface area (Å²) in [5.41, 5.74) is 1.07. The minimum atomic E-state index is -4.80. The van der Waals surface area contributed by atoms with E-state index in [1.165, 1.54) is 14.2 Å². The highest BCUT2D eigenvalue weighted by molar-refractivity contribution is 7.88. The van der Waals surface area contributed by atoms with E-state index in [1.54, 1.807) is 48.3 Å². The molecule has 11 nitrogen and oxygen atoms in total. The normalized spacial score (nSPS) is 19.2. The van der Waals surface area contributed by atoms with E-state index in [2.05, 4.69) is 25.5 Å². The van der Waals surface area contributed by atoms with Gasteiger partial charge in [0.15, 0.2) is 0 Å². The van der Waals surface area contributed by atoms with Gasteiger partial charge in [-0.1, -0.05) is 24.3 Å². The molecule has 1 amide bonds. The average Bonchev–Trinajstić information content (AvgIpc) is 3.36. The zero-order chi connectivity index (χ0) is 33.4. The molecule has 2 N–H and O–H groups in total. The standard InChI is InChI=1S/C31H38F3N7O4S/c1-39-14-12-21(13-15-39)40(2)29(42)20-10-11-26(45-4)24(17-20)37-30-35-18-23(31(32,33)34)28(38-30)36-25-16-19-8-6-7-9-22(19)27(25)41(3)46(5,43)44/h6-11,17-18,21,25,27H,12-16H2,1-5H3,(H2,35,36,37,38)/t25-,27-/m1/s1. The Bertz CT molecular complexity index is 1700. The third-order valence-electron chi connectivity index (χ3n) is 8.77. The van der Waals surface area contributed by atoms with Crippen LogP contribution in [0, 0.1) is 0 Å². The number of nitrogens with one attached hydrogen (secondary N) is 2. The molecule has 3 aromatic rings. The van der Waals surface area contributed by atoms with Crippen molar-refractivity contribution in [2.24, 2.45) is 0 Å². The molecule has 248 valence electrons. The number of aromatic nitrogens is 2. The van der Waals surface area contributed by atoms with Crippen molar-refractivity contribution in [2.75, 3.05) is 58.2 Å². The fraction of sp³-hybridized carbons (Fsp3) is 0.452. The van der Waals surface area contributed by atoms with Crippen LogP contribution in [-0.2, 0) is 22.6 Å². The van der Waals surface area contributed by atoms with Crippen molar-refractivity contribution >= 4 is 33.4 Å². The lowest BCUT2D eigenvalue weighted by Crippen LogP contribution is -2.44. The molecule has 1 aromatic heterocycles. The average molecular weight is 662 g/mol. The number of sulfonamides is 1. The number of hydrogen-bond acceptors (Lipinski definition) is 9. The van der Waals surface area contributed by atoms with Gasteiger partial charge in [-0.05, 0) is 68.7 Å². The molecule has 1 fully saturated rings. The topological polar surface area (TPSA) is 120 Å². The van der Waals surface area contributed by atoms with E-state index >= 15 is 0 Å². The number of piperidine rings is 1. The van der Waals surface area contributed by atoms with Crippen LogP contribution in [0.15, 0.2) is 48.7 Å². The Morgan fingerprint density at radius 3 is 2.46 bits per heavy atom. The van der Waals surface area contributed by atoms with Gasteiger partial charge in [0, 0.05) is 31.9 Å². The van der Waals surface area contributed by atoms with Gasteiger partial charge in [0.25, 0.3) is 5.91 Å². The van der Waals surface area contributed by atoms with E-state index in [9.17, 15) is 26.4 Å². The van der Waals surface area contributed by atoms with Crippen LogP contribution in [-0.4, -0.2) is 98.1 Å². The number of rotatable bonds is 9. The number of amides is 1. The van der Waals surface area contributed by atoms with Crippen LogP contribution < -0.4 is 15.4 Å². The summed E-state index contributed by atoms with van der Waals surface area (Å²) in [6.45, 7) is 1.77. The number of anilines is 3. The number of ether oxygens (including phenoxy) is 1. The zero-order valence-corrected chi connectivity index (χ0v) is 27.1. The van der Waals surface area contributed by atoms with E-state index in [-0.39, 0.29) is 24.3 Å². The first-order valence-electron chi connectivity index (χ1n) is 14.8. The second kappa shape index (κ2) is 13.0. The number of likely N-dealkylation sites (tertiary alicyclic amines) is 1. The molecule has 0 saturated carbocycles. The smallest absolute Gasteiger partial charge is 0.421 e. The summed E-state index contributed by atoms with van der Waals surface area (Å²) in [6, 6.07) is 10.5. The number of halogens is 3. The summed E-state index contributed by atoms with van der Waals surface area (Å²) >= 11 is 0. The Labute approximate surface area is 266 Å². The van der Waals surface area contributed by atoms with Crippen LogP contribution in [0.1, 0.15) is 45.9 Å². The van der Waals surface area contributed by atoms with Crippen LogP contribution in [0.3, 0.4) is 0 Å². The molecule has 2 aliphatic rings. The summed E-state index contributed by atoms with van der Waals surface area (Å²) in [4.78, 5) is 25.5. The van der Waals surface area contributed by atoms with Crippen LogP contribution in [0.4, 0.5) is 30.6 Å². The lowest BCUT2D eigenvalue weighted by atomic mass is 10.0. The Morgan fingerprint density at radius 2 is 1.80 bits per heavy atom. The van der Waals surface area contributed by atoms with Crippen molar-refractivity contribution in [1.29, 1.82) is 0 Å². The Morgan fingerprint density at radius 1 is 1.11 bits per heavy atom. The summed E-state index contributed by atoms with van der Waals surface area (Å²) in [5, 5.41) is 5.82. The number of fused-ring (bicyclic) bond motifs is 1. The van der Waals surface area contributed by atoms with Gasteiger partial charge in [-0.25, -0.2) is 13.4 Å². The molecule has 2 atom stereocenters. The van der Waals surface area contributed by atoms with Gasteiger partial charge >= 0.3 is 6.18 Å². The van der Waals surface area contributed by atoms with Gasteiger partial charge in [0.1, 0.15) is 17.1 Å². The number of carbonyl (C=O) groups is 1. The van der Waals surface area contributed by atoms with E-state index in [1.807, 2.05) is 13.1 Å². The molecule has 2 aromatic carbocycles. The number of carbonyl (C=O) groups excluding carboxylic acids is 1. The molecule has 46 heavy (non-hydrogen) atoms. The maximum atomic E-state index is 14.2. The molecule has 1 saturated heterocycles. The number of alkyl halides is 3. The highest BCUT2D eigenvalue weighted by Crippen LogP contribution is 2.41. The van der Waals surface area contributed by atoms with Crippen molar-refractivity contribution in [3.63, 3.8) is 0 Å². The van der Waals surface area contributed by atoms with Crippen LogP contribution >= 0.6 is 0 Å². The molecule has 1 aliphatic carbocycles. The van der Waals surface area contributed by atoms with Crippen molar-refractivity contribution in [3.05, 3.63) is 70.9 Å². The summed E-state index contributed by atoms with van der Waals surface area (Å²) < 4.78 is 74.2. The van der Waals surface area contributed by atoms with Gasteiger partial charge in [-0.3, -0.25) is 4.79 Å². The van der Waals surface area contributed by atoms with Gasteiger partial charge in [0.05, 0.1) is 31.1 Å². The lowest BCUT2D eigenvalue weighted by Gasteiger charge is -2.35. The second-order valence-electron chi connectivity index (χ2n) is 11.8. The molecule has 1 aliphatic heterocycles. The fourth-order valence-electron chi connectivity index (χ4n) is 6.11. The predicted octanol–water partition coefficient (Wildman–Crippen LogP) is 4.38. The fourth-order valence-corrected chi connectivity index (χ4v) is 6.78. The maximum absolute atomic E-state index is 14.2.